The monoisotopic (exact) mass is 388 g/mol. The van der Waals surface area contributed by atoms with Gasteiger partial charge in [-0.1, -0.05) is 18.7 Å². The van der Waals surface area contributed by atoms with Crippen LogP contribution in [-0.2, 0) is 24.2 Å². The Kier molecular flexibility index (Phi) is 4.86. The summed E-state index contributed by atoms with van der Waals surface area (Å²) in [5.74, 6) is 2.11. The molecular formula is C18H20N4O2S2. The van der Waals surface area contributed by atoms with Crippen LogP contribution in [0.5, 0.6) is 0 Å². The highest BCUT2D eigenvalue weighted by Crippen LogP contribution is 2.39. The summed E-state index contributed by atoms with van der Waals surface area (Å²) in [6.07, 6.45) is 4.91. The number of nitrogens with two attached hydrogens (primary N) is 1. The van der Waals surface area contributed by atoms with Crippen molar-refractivity contribution in [2.45, 2.75) is 37.9 Å². The summed E-state index contributed by atoms with van der Waals surface area (Å²) in [5.41, 5.74) is 7.55. The number of rotatable bonds is 5. The Balaban J connectivity index is 1.44. The molecule has 1 aliphatic carbocycles. The molecule has 8 heteroatoms. The van der Waals surface area contributed by atoms with Crippen LogP contribution < -0.4 is 11.1 Å². The summed E-state index contributed by atoms with van der Waals surface area (Å²) in [4.78, 5) is 23.4. The molecule has 0 saturated heterocycles. The Hall–Kier alpha value is -2.06. The van der Waals surface area contributed by atoms with Gasteiger partial charge in [-0.3, -0.25) is 4.79 Å². The first-order valence-corrected chi connectivity index (χ1v) is 10.4. The van der Waals surface area contributed by atoms with Gasteiger partial charge in [0.1, 0.15) is 16.4 Å². The number of carbonyl (C=O) groups excluding carboxylic acids is 1. The van der Waals surface area contributed by atoms with Crippen LogP contribution in [0.2, 0.25) is 0 Å². The fourth-order valence-corrected chi connectivity index (χ4v) is 5.32. The highest BCUT2D eigenvalue weighted by molar-refractivity contribution is 7.99. The minimum absolute atomic E-state index is 0.0898. The highest BCUT2D eigenvalue weighted by atomic mass is 32.2. The Morgan fingerprint density at radius 2 is 2.38 bits per heavy atom. The second kappa shape index (κ2) is 7.28. The molecule has 3 N–H and O–H groups in total. The van der Waals surface area contributed by atoms with Crippen LogP contribution in [0.25, 0.3) is 10.2 Å². The van der Waals surface area contributed by atoms with Crippen LogP contribution in [-0.4, -0.2) is 21.6 Å². The molecule has 3 heterocycles. The number of hydrogen-bond donors (Lipinski definition) is 2. The zero-order valence-electron chi connectivity index (χ0n) is 14.4. The number of furan rings is 1. The zero-order valence-corrected chi connectivity index (χ0v) is 16.1. The van der Waals surface area contributed by atoms with Crippen molar-refractivity contribution in [2.75, 3.05) is 11.5 Å². The molecule has 26 heavy (non-hydrogen) atoms. The van der Waals surface area contributed by atoms with Crippen LogP contribution >= 0.6 is 23.1 Å². The number of thiophene rings is 1. The molecule has 6 nitrogen and oxygen atoms in total. The van der Waals surface area contributed by atoms with Crippen molar-refractivity contribution in [1.82, 2.24) is 15.3 Å². The SMILES string of the molecule is C[C@@H]1CCc2c(sc3nc(SCC(=O)NCc4ccco4)nc(N)c23)C1. The van der Waals surface area contributed by atoms with E-state index in [1.54, 1.807) is 23.7 Å². The van der Waals surface area contributed by atoms with Gasteiger partial charge in [0.25, 0.3) is 0 Å². The molecule has 0 aliphatic heterocycles. The summed E-state index contributed by atoms with van der Waals surface area (Å²) >= 11 is 3.02. The largest absolute Gasteiger partial charge is 0.467 e. The standard InChI is InChI=1S/C18H20N4O2S2/c1-10-4-5-12-13(7-10)26-17-15(12)16(19)21-18(22-17)25-9-14(23)20-8-11-3-2-6-24-11/h2-3,6,10H,4-5,7-9H2,1H3,(H,20,23)(H2,19,21,22)/t10-/m1/s1. The van der Waals surface area contributed by atoms with Crippen molar-refractivity contribution in [3.05, 3.63) is 34.6 Å². The second-order valence-electron chi connectivity index (χ2n) is 6.57. The van der Waals surface area contributed by atoms with Gasteiger partial charge in [-0.25, -0.2) is 9.97 Å². The molecule has 1 atom stereocenters. The first-order valence-electron chi connectivity index (χ1n) is 8.60. The number of fused-ring (bicyclic) bond motifs is 3. The molecule has 0 radical (unpaired) electrons. The Bertz CT molecular complexity index is 936. The molecule has 3 aromatic rings. The van der Waals surface area contributed by atoms with Crippen molar-refractivity contribution in [1.29, 1.82) is 0 Å². The van der Waals surface area contributed by atoms with E-state index in [1.165, 1.54) is 28.6 Å². The molecule has 0 unspecified atom stereocenters. The van der Waals surface area contributed by atoms with E-state index >= 15 is 0 Å². The van der Waals surface area contributed by atoms with Gasteiger partial charge in [0.05, 0.1) is 23.9 Å². The Labute approximate surface area is 159 Å². The van der Waals surface area contributed by atoms with Gasteiger partial charge in [0.2, 0.25) is 5.91 Å². The van der Waals surface area contributed by atoms with Gasteiger partial charge in [-0.05, 0) is 42.9 Å². The smallest absolute Gasteiger partial charge is 0.230 e. The summed E-state index contributed by atoms with van der Waals surface area (Å²) in [6.45, 7) is 2.66. The molecule has 4 rings (SSSR count). The topological polar surface area (TPSA) is 94.0 Å². The number of amides is 1. The lowest BCUT2D eigenvalue weighted by molar-refractivity contribution is -0.118. The Morgan fingerprint density at radius 3 is 3.19 bits per heavy atom. The van der Waals surface area contributed by atoms with Crippen molar-refractivity contribution >= 4 is 45.0 Å². The number of aromatic nitrogens is 2. The highest BCUT2D eigenvalue weighted by Gasteiger charge is 2.23. The van der Waals surface area contributed by atoms with E-state index in [2.05, 4.69) is 22.2 Å². The molecule has 0 saturated carbocycles. The number of aryl methyl sites for hydroxylation is 1. The van der Waals surface area contributed by atoms with Crippen molar-refractivity contribution in [3.8, 4) is 0 Å². The molecule has 0 aromatic carbocycles. The number of thioether (sulfide) groups is 1. The van der Waals surface area contributed by atoms with Crippen LogP contribution in [0.1, 0.15) is 29.5 Å². The quantitative estimate of drug-likeness (QED) is 0.514. The molecule has 0 fully saturated rings. The number of anilines is 1. The number of nitrogens with one attached hydrogen (secondary N) is 1. The summed E-state index contributed by atoms with van der Waals surface area (Å²) in [6, 6.07) is 3.62. The minimum atomic E-state index is -0.0898. The summed E-state index contributed by atoms with van der Waals surface area (Å²) in [5, 5.41) is 4.38. The fraction of sp³-hybridized carbons (Fsp3) is 0.389. The lowest BCUT2D eigenvalue weighted by Gasteiger charge is -2.17. The van der Waals surface area contributed by atoms with E-state index in [0.29, 0.717) is 23.4 Å². The van der Waals surface area contributed by atoms with Crippen LogP contribution in [0.4, 0.5) is 5.82 Å². The molecule has 0 spiro atoms. The maximum absolute atomic E-state index is 12.0. The lowest BCUT2D eigenvalue weighted by atomic mass is 9.89. The van der Waals surface area contributed by atoms with Crippen molar-refractivity contribution < 1.29 is 9.21 Å². The Morgan fingerprint density at radius 1 is 1.50 bits per heavy atom. The average Bonchev–Trinajstić information content (AvgIpc) is 3.24. The zero-order chi connectivity index (χ0) is 18.1. The molecule has 0 bridgehead atoms. The third kappa shape index (κ3) is 3.57. The maximum Gasteiger partial charge on any atom is 0.230 e. The molecule has 1 amide bonds. The maximum atomic E-state index is 12.0. The van der Waals surface area contributed by atoms with Crippen molar-refractivity contribution in [3.63, 3.8) is 0 Å². The van der Waals surface area contributed by atoms with E-state index in [-0.39, 0.29) is 11.7 Å². The van der Waals surface area contributed by atoms with Gasteiger partial charge in [-0.2, -0.15) is 0 Å². The van der Waals surface area contributed by atoms with Gasteiger partial charge in [-0.15, -0.1) is 11.3 Å². The van der Waals surface area contributed by atoms with E-state index < -0.39 is 0 Å². The first-order chi connectivity index (χ1) is 12.6. The average molecular weight is 389 g/mol. The normalized spacial score (nSPS) is 16.6. The number of carbonyl (C=O) groups is 1. The molecular weight excluding hydrogens is 368 g/mol. The van der Waals surface area contributed by atoms with Gasteiger partial charge >= 0.3 is 0 Å². The third-order valence-electron chi connectivity index (χ3n) is 4.53. The predicted octanol–water partition coefficient (Wildman–Crippen LogP) is 3.40. The molecule has 136 valence electrons. The second-order valence-corrected chi connectivity index (χ2v) is 8.59. The number of nitrogens with zero attached hydrogens (tertiary/aromatic N) is 2. The van der Waals surface area contributed by atoms with Crippen molar-refractivity contribution in [2.24, 2.45) is 5.92 Å². The first kappa shape index (κ1) is 17.4. The fourth-order valence-electron chi connectivity index (χ4n) is 3.19. The number of hydrogen-bond acceptors (Lipinski definition) is 7. The van der Waals surface area contributed by atoms with Crippen LogP contribution in [0.15, 0.2) is 28.0 Å². The molecule has 3 aromatic heterocycles. The molecule has 1 aliphatic rings. The summed E-state index contributed by atoms with van der Waals surface area (Å²) < 4.78 is 5.20. The van der Waals surface area contributed by atoms with E-state index in [0.717, 1.165) is 28.8 Å². The van der Waals surface area contributed by atoms with E-state index in [4.69, 9.17) is 10.2 Å². The predicted molar refractivity (Wildman–Crippen MR) is 104 cm³/mol. The van der Waals surface area contributed by atoms with Crippen LogP contribution in [0.3, 0.4) is 0 Å². The van der Waals surface area contributed by atoms with E-state index in [1.807, 2.05) is 6.07 Å². The van der Waals surface area contributed by atoms with Gasteiger partial charge in [0, 0.05) is 4.88 Å². The van der Waals surface area contributed by atoms with E-state index in [9.17, 15) is 4.79 Å². The minimum Gasteiger partial charge on any atom is -0.467 e. The lowest BCUT2D eigenvalue weighted by Crippen LogP contribution is -2.24. The number of nitrogen functional groups attached to an aromatic ring is 1. The van der Waals surface area contributed by atoms with Crippen LogP contribution in [0, 0.1) is 5.92 Å². The third-order valence-corrected chi connectivity index (χ3v) is 6.53. The van der Waals surface area contributed by atoms with Gasteiger partial charge < -0.3 is 15.5 Å². The summed E-state index contributed by atoms with van der Waals surface area (Å²) in [7, 11) is 0. The van der Waals surface area contributed by atoms with Gasteiger partial charge in [0.15, 0.2) is 5.16 Å².